The highest BCUT2D eigenvalue weighted by atomic mass is 32.1. The van der Waals surface area contributed by atoms with Gasteiger partial charge in [-0.1, -0.05) is 13.0 Å². The zero-order chi connectivity index (χ0) is 16.2. The summed E-state index contributed by atoms with van der Waals surface area (Å²) in [5, 5.41) is 5.32. The van der Waals surface area contributed by atoms with Gasteiger partial charge in [0.25, 0.3) is 0 Å². The fourth-order valence-corrected chi connectivity index (χ4v) is 2.78. The van der Waals surface area contributed by atoms with Crippen LogP contribution in [-0.4, -0.2) is 21.0 Å². The summed E-state index contributed by atoms with van der Waals surface area (Å²) in [5.74, 6) is 0.424. The van der Waals surface area contributed by atoms with E-state index in [1.165, 1.54) is 18.7 Å². The van der Waals surface area contributed by atoms with Gasteiger partial charge < -0.3 is 11.1 Å². The second-order valence-corrected chi connectivity index (χ2v) is 6.71. The molecule has 0 bridgehead atoms. The molecule has 22 heavy (non-hydrogen) atoms. The van der Waals surface area contributed by atoms with Crippen LogP contribution in [0.25, 0.3) is 0 Å². The Hall–Kier alpha value is -1.76. The highest BCUT2D eigenvalue weighted by Gasteiger charge is 2.24. The van der Waals surface area contributed by atoms with Crippen LogP contribution in [-0.2, 0) is 12.1 Å². The molecule has 2 rings (SSSR count). The predicted molar refractivity (Wildman–Crippen MR) is 88.7 cm³/mol. The summed E-state index contributed by atoms with van der Waals surface area (Å²) < 4.78 is 14.0. The van der Waals surface area contributed by atoms with Gasteiger partial charge in [0.1, 0.15) is 0 Å². The molecule has 0 aliphatic rings. The van der Waals surface area contributed by atoms with Crippen LogP contribution in [0.4, 0.5) is 16.3 Å². The molecule has 3 N–H and O–H groups in total. The molecule has 0 unspecified atom stereocenters. The van der Waals surface area contributed by atoms with Crippen molar-refractivity contribution in [1.29, 1.82) is 0 Å². The Balaban J connectivity index is 2.05. The van der Waals surface area contributed by atoms with Crippen molar-refractivity contribution in [2.24, 2.45) is 0 Å². The van der Waals surface area contributed by atoms with Crippen molar-refractivity contribution in [2.45, 2.75) is 51.7 Å². The predicted octanol–water partition coefficient (Wildman–Crippen LogP) is 3.54. The third-order valence-corrected chi connectivity index (χ3v) is 4.27. The van der Waals surface area contributed by atoms with Crippen LogP contribution in [0.1, 0.15) is 44.3 Å². The number of nitrogen functional groups attached to an aromatic ring is 1. The lowest BCUT2D eigenvalue weighted by Crippen LogP contribution is -2.24. The molecule has 0 amide bonds. The average molecular weight is 323 g/mol. The number of halogens is 1. The number of alkyl halides is 1. The molecule has 0 aromatic carbocycles. The number of thiophene rings is 1. The lowest BCUT2D eigenvalue weighted by atomic mass is 10.1. The minimum absolute atomic E-state index is 0.0336. The Morgan fingerprint density at radius 3 is 2.73 bits per heavy atom. The van der Waals surface area contributed by atoms with E-state index in [1.807, 2.05) is 0 Å². The van der Waals surface area contributed by atoms with E-state index in [0.717, 1.165) is 19.3 Å². The summed E-state index contributed by atoms with van der Waals surface area (Å²) in [6.07, 6.45) is 2.87. The normalized spacial score (nSPS) is 13.1. The first-order valence-corrected chi connectivity index (χ1v) is 8.26. The van der Waals surface area contributed by atoms with E-state index in [9.17, 15) is 4.39 Å². The van der Waals surface area contributed by atoms with Crippen molar-refractivity contribution in [3.05, 3.63) is 28.2 Å². The number of aryl methyl sites for hydroxylation is 1. The molecule has 0 radical (unpaired) electrons. The van der Waals surface area contributed by atoms with Gasteiger partial charge in [0.05, 0.1) is 0 Å². The van der Waals surface area contributed by atoms with Crippen molar-refractivity contribution in [3.8, 4) is 0 Å². The van der Waals surface area contributed by atoms with Crippen LogP contribution in [0.5, 0.6) is 0 Å². The van der Waals surface area contributed by atoms with Gasteiger partial charge in [0, 0.05) is 10.9 Å². The molecule has 0 aliphatic carbocycles. The van der Waals surface area contributed by atoms with Crippen molar-refractivity contribution >= 4 is 23.2 Å². The standard InChI is InChI=1S/C15H22FN5S/c1-4-10(7-8-11-6-5-9-22-11)18-14-20-12(15(2,3)16)19-13(17)21-14/h5-6,9-10H,4,7-8H2,1-3H3,(H3,17,18,19,20,21)/t10-/m1/s1. The lowest BCUT2D eigenvalue weighted by Gasteiger charge is -2.18. The van der Waals surface area contributed by atoms with Gasteiger partial charge in [-0.3, -0.25) is 0 Å². The van der Waals surface area contributed by atoms with Crippen LogP contribution in [0, 0.1) is 0 Å². The number of hydrogen-bond donors (Lipinski definition) is 2. The SMILES string of the molecule is CC[C@H](CCc1cccs1)Nc1nc(N)nc(C(C)(C)F)n1. The van der Waals surface area contributed by atoms with Crippen molar-refractivity contribution < 1.29 is 4.39 Å². The second-order valence-electron chi connectivity index (χ2n) is 5.68. The molecule has 2 heterocycles. The summed E-state index contributed by atoms with van der Waals surface area (Å²) in [6, 6.07) is 4.39. The highest BCUT2D eigenvalue weighted by Crippen LogP contribution is 2.22. The van der Waals surface area contributed by atoms with Gasteiger partial charge in [-0.15, -0.1) is 11.3 Å². The first-order chi connectivity index (χ1) is 10.4. The monoisotopic (exact) mass is 323 g/mol. The fourth-order valence-electron chi connectivity index (χ4n) is 2.05. The average Bonchev–Trinajstić information content (AvgIpc) is 2.95. The van der Waals surface area contributed by atoms with Crippen LogP contribution in [0.3, 0.4) is 0 Å². The third-order valence-electron chi connectivity index (χ3n) is 3.33. The van der Waals surface area contributed by atoms with Crippen molar-refractivity contribution in [3.63, 3.8) is 0 Å². The van der Waals surface area contributed by atoms with E-state index in [2.05, 4.69) is 44.7 Å². The second kappa shape index (κ2) is 7.00. The van der Waals surface area contributed by atoms with Gasteiger partial charge in [-0.25, -0.2) is 4.39 Å². The first-order valence-electron chi connectivity index (χ1n) is 7.38. The van der Waals surface area contributed by atoms with E-state index in [-0.39, 0.29) is 17.8 Å². The minimum atomic E-state index is -1.65. The molecule has 2 aromatic heterocycles. The van der Waals surface area contributed by atoms with Gasteiger partial charge in [0.15, 0.2) is 11.5 Å². The van der Waals surface area contributed by atoms with E-state index in [0.29, 0.717) is 5.95 Å². The number of anilines is 2. The third kappa shape index (κ3) is 4.62. The molecule has 1 atom stereocenters. The summed E-state index contributed by atoms with van der Waals surface area (Å²) in [4.78, 5) is 13.4. The molecule has 0 fully saturated rings. The molecule has 0 spiro atoms. The maximum atomic E-state index is 14.0. The number of aromatic nitrogens is 3. The fraction of sp³-hybridized carbons (Fsp3) is 0.533. The van der Waals surface area contributed by atoms with E-state index >= 15 is 0 Å². The number of nitrogens with one attached hydrogen (secondary N) is 1. The smallest absolute Gasteiger partial charge is 0.228 e. The number of hydrogen-bond acceptors (Lipinski definition) is 6. The Morgan fingerprint density at radius 1 is 1.36 bits per heavy atom. The first kappa shape index (κ1) is 16.6. The lowest BCUT2D eigenvalue weighted by molar-refractivity contribution is 0.206. The molecular weight excluding hydrogens is 301 g/mol. The summed E-state index contributed by atoms with van der Waals surface area (Å²) in [5.41, 5.74) is 4.01. The zero-order valence-corrected chi connectivity index (χ0v) is 14.0. The number of nitrogens with two attached hydrogens (primary N) is 1. The summed E-state index contributed by atoms with van der Waals surface area (Å²) in [7, 11) is 0. The maximum absolute atomic E-state index is 14.0. The molecule has 5 nitrogen and oxygen atoms in total. The van der Waals surface area contributed by atoms with Crippen molar-refractivity contribution in [2.75, 3.05) is 11.1 Å². The molecular formula is C15H22FN5S. The molecule has 0 saturated heterocycles. The molecule has 0 saturated carbocycles. The zero-order valence-electron chi connectivity index (χ0n) is 13.1. The largest absolute Gasteiger partial charge is 0.368 e. The van der Waals surface area contributed by atoms with E-state index in [1.54, 1.807) is 11.3 Å². The summed E-state index contributed by atoms with van der Waals surface area (Å²) >= 11 is 1.75. The van der Waals surface area contributed by atoms with Crippen LogP contribution in [0.2, 0.25) is 0 Å². The quantitative estimate of drug-likeness (QED) is 0.815. The maximum Gasteiger partial charge on any atom is 0.228 e. The molecule has 120 valence electrons. The molecule has 7 heteroatoms. The van der Waals surface area contributed by atoms with Crippen LogP contribution >= 0.6 is 11.3 Å². The van der Waals surface area contributed by atoms with Crippen molar-refractivity contribution in [1.82, 2.24) is 15.0 Å². The molecule has 0 aliphatic heterocycles. The number of nitrogens with zero attached hydrogens (tertiary/aromatic N) is 3. The van der Waals surface area contributed by atoms with Crippen LogP contribution < -0.4 is 11.1 Å². The van der Waals surface area contributed by atoms with Gasteiger partial charge in [-0.05, 0) is 44.6 Å². The molecule has 2 aromatic rings. The van der Waals surface area contributed by atoms with E-state index < -0.39 is 5.67 Å². The van der Waals surface area contributed by atoms with Gasteiger partial charge >= 0.3 is 0 Å². The Morgan fingerprint density at radius 2 is 2.14 bits per heavy atom. The Labute approximate surface area is 134 Å². The minimum Gasteiger partial charge on any atom is -0.368 e. The van der Waals surface area contributed by atoms with E-state index in [4.69, 9.17) is 5.73 Å². The van der Waals surface area contributed by atoms with Crippen LogP contribution in [0.15, 0.2) is 17.5 Å². The Bertz CT molecular complexity index is 594. The Kier molecular flexibility index (Phi) is 5.28. The summed E-state index contributed by atoms with van der Waals surface area (Å²) in [6.45, 7) is 4.90. The van der Waals surface area contributed by atoms with Gasteiger partial charge in [-0.2, -0.15) is 15.0 Å². The number of rotatable bonds is 7. The van der Waals surface area contributed by atoms with Gasteiger partial charge in [0.2, 0.25) is 11.9 Å². The highest BCUT2D eigenvalue weighted by molar-refractivity contribution is 7.09. The topological polar surface area (TPSA) is 76.7 Å².